The number of carbonyl (C=O) groups is 4. The van der Waals surface area contributed by atoms with Gasteiger partial charge < -0.3 is 44.6 Å². The Labute approximate surface area is 355 Å². The van der Waals surface area contributed by atoms with E-state index in [-0.39, 0.29) is 35.7 Å². The summed E-state index contributed by atoms with van der Waals surface area (Å²) in [5.74, 6) is 2.01. The summed E-state index contributed by atoms with van der Waals surface area (Å²) in [6, 6.07) is 12.8. The number of hydrogen-bond donors (Lipinski definition) is 4. The second-order valence-corrected chi connectivity index (χ2v) is 17.3. The molecule has 5 atom stereocenters. The number of ether oxygens (including phenoxy) is 3. The van der Waals surface area contributed by atoms with Crippen LogP contribution >= 0.6 is 0 Å². The molecule has 3 aliphatic rings. The molecule has 5 heterocycles. The van der Waals surface area contributed by atoms with Crippen molar-refractivity contribution in [2.24, 2.45) is 17.8 Å². The van der Waals surface area contributed by atoms with Gasteiger partial charge in [0.05, 0.1) is 49.2 Å². The van der Waals surface area contributed by atoms with Crippen molar-refractivity contribution < 1.29 is 33.4 Å². The summed E-state index contributed by atoms with van der Waals surface area (Å²) >= 11 is 0. The zero-order valence-corrected chi connectivity index (χ0v) is 36.0. The van der Waals surface area contributed by atoms with E-state index >= 15 is 0 Å². The monoisotopic (exact) mass is 832 g/mol. The van der Waals surface area contributed by atoms with Gasteiger partial charge in [-0.15, -0.1) is 0 Å². The van der Waals surface area contributed by atoms with Gasteiger partial charge in [0.1, 0.15) is 36.1 Å². The van der Waals surface area contributed by atoms with Crippen molar-refractivity contribution in [1.29, 1.82) is 0 Å². The van der Waals surface area contributed by atoms with Crippen LogP contribution in [0, 0.1) is 17.8 Å². The lowest BCUT2D eigenvalue weighted by molar-refractivity contribution is -0.136. The van der Waals surface area contributed by atoms with Crippen LogP contribution in [0.4, 0.5) is 9.59 Å². The molecule has 0 spiro atoms. The number of nitrogens with zero attached hydrogens (tertiary/aromatic N) is 4. The first-order chi connectivity index (χ1) is 29.4. The fourth-order valence-electron chi connectivity index (χ4n) is 9.40. The fourth-order valence-corrected chi connectivity index (χ4v) is 9.40. The lowest BCUT2D eigenvalue weighted by Gasteiger charge is -2.30. The number of aromatic nitrogens is 4. The minimum Gasteiger partial charge on any atom is -0.488 e. The Hall–Kier alpha value is -6.12. The Morgan fingerprint density at radius 1 is 0.869 bits per heavy atom. The molecule has 3 aliphatic heterocycles. The second-order valence-electron chi connectivity index (χ2n) is 17.3. The van der Waals surface area contributed by atoms with Gasteiger partial charge in [0.2, 0.25) is 11.8 Å². The van der Waals surface area contributed by atoms with Crippen LogP contribution in [-0.4, -0.2) is 93.1 Å². The number of likely N-dealkylation sites (tertiary alicyclic amines) is 2. The average Bonchev–Trinajstić information content (AvgIpc) is 4.09. The van der Waals surface area contributed by atoms with E-state index in [0.29, 0.717) is 31.4 Å². The molecule has 0 radical (unpaired) electrons. The van der Waals surface area contributed by atoms with Gasteiger partial charge in [0, 0.05) is 24.0 Å². The number of imidazole rings is 2. The molecule has 2 aromatic heterocycles. The van der Waals surface area contributed by atoms with Crippen molar-refractivity contribution in [1.82, 2.24) is 40.4 Å². The summed E-state index contributed by atoms with van der Waals surface area (Å²) < 4.78 is 16.1. The van der Waals surface area contributed by atoms with E-state index < -0.39 is 24.3 Å². The molecule has 0 unspecified atom stereocenters. The third kappa shape index (κ3) is 7.97. The smallest absolute Gasteiger partial charge is 0.407 e. The van der Waals surface area contributed by atoms with Crippen LogP contribution in [0.1, 0.15) is 96.0 Å². The predicted molar refractivity (Wildman–Crippen MR) is 230 cm³/mol. The number of nitrogens with one attached hydrogen (secondary N) is 4. The van der Waals surface area contributed by atoms with Gasteiger partial charge in [0.15, 0.2) is 0 Å². The molecule has 322 valence electrons. The standard InChI is InChI=1S/C46H56N8O7/c1-8-10-26-17-36(54(22-26)44(56)39(25(4)5)52-46(58)60-7)42-48-33-15-13-27-19-32-30-14-12-28(18-29(30)23-61-37(32)20-31(27)40(33)50-42)34-21-47-41(49-34)35-11-9-16-53(35)43(55)38(24(2)3)51-45(57)59-6/h12-15,18-21,24-26,35-36,38-39H,8-11,16-17,22-23H2,1-7H3,(H,47,49)(H,48,50)(H,51,57)(H,52,58)/t26-,35-,36-,38-,39-/m0/s1. The van der Waals surface area contributed by atoms with Crippen LogP contribution < -0.4 is 15.4 Å². The maximum absolute atomic E-state index is 14.1. The zero-order chi connectivity index (χ0) is 43.1. The molecule has 0 bridgehead atoms. The summed E-state index contributed by atoms with van der Waals surface area (Å²) in [5, 5.41) is 7.48. The van der Waals surface area contributed by atoms with Gasteiger partial charge in [-0.05, 0) is 89.8 Å². The lowest BCUT2D eigenvalue weighted by Crippen LogP contribution is -2.51. The molecule has 5 aromatic rings. The molecule has 3 aromatic carbocycles. The van der Waals surface area contributed by atoms with E-state index in [1.165, 1.54) is 14.2 Å². The highest BCUT2D eigenvalue weighted by atomic mass is 16.5. The SMILES string of the molecule is CCC[C@H]1C[C@@H](c2nc3ccc4cc5c(cc4c3[nH]2)OCc2cc(-c3cnc([C@@H]4CCCN4C(=O)[C@@H](NC(=O)OC)C(C)C)[nH]3)ccc2-5)N(C(=O)[C@@H](NC(=O)OC)C(C)C)C1. The van der Waals surface area contributed by atoms with Crippen molar-refractivity contribution in [3.63, 3.8) is 0 Å². The number of H-pyrrole nitrogens is 2. The van der Waals surface area contributed by atoms with E-state index in [9.17, 15) is 19.2 Å². The van der Waals surface area contributed by atoms with Crippen LogP contribution in [0.3, 0.4) is 0 Å². The first-order valence-electron chi connectivity index (χ1n) is 21.5. The van der Waals surface area contributed by atoms with Crippen LogP contribution in [0.5, 0.6) is 5.75 Å². The molecule has 2 fully saturated rings. The topological polar surface area (TPSA) is 184 Å². The number of fused-ring (bicyclic) bond motifs is 6. The van der Waals surface area contributed by atoms with Crippen molar-refractivity contribution in [2.75, 3.05) is 27.3 Å². The van der Waals surface area contributed by atoms with Gasteiger partial charge in [-0.3, -0.25) is 9.59 Å². The van der Waals surface area contributed by atoms with Crippen LogP contribution in [0.2, 0.25) is 0 Å². The molecule has 2 saturated heterocycles. The van der Waals surface area contributed by atoms with E-state index in [2.05, 4.69) is 63.9 Å². The van der Waals surface area contributed by atoms with Crippen molar-refractivity contribution in [3.8, 4) is 28.1 Å². The quantitative estimate of drug-likeness (QED) is 0.103. The van der Waals surface area contributed by atoms with Crippen LogP contribution in [0.15, 0.2) is 48.7 Å². The number of methoxy groups -OCH3 is 2. The molecule has 0 aliphatic carbocycles. The molecular formula is C46H56N8O7. The minimum absolute atomic E-state index is 0.117. The zero-order valence-electron chi connectivity index (χ0n) is 36.0. The van der Waals surface area contributed by atoms with Crippen molar-refractivity contribution in [2.45, 2.75) is 97.5 Å². The molecule has 15 nitrogen and oxygen atoms in total. The fraction of sp³-hybridized carbons (Fsp3) is 0.478. The Morgan fingerprint density at radius 3 is 2.28 bits per heavy atom. The number of hydrogen-bond acceptors (Lipinski definition) is 9. The second kappa shape index (κ2) is 17.1. The molecule has 0 saturated carbocycles. The van der Waals surface area contributed by atoms with E-state index in [4.69, 9.17) is 24.2 Å². The Morgan fingerprint density at radius 2 is 1.59 bits per heavy atom. The molecule has 15 heteroatoms. The van der Waals surface area contributed by atoms with Gasteiger partial charge in [-0.25, -0.2) is 19.6 Å². The number of aromatic amines is 2. The Kier molecular flexibility index (Phi) is 11.7. The van der Waals surface area contributed by atoms with Crippen molar-refractivity contribution >= 4 is 45.8 Å². The number of carbonyl (C=O) groups excluding carboxylic acids is 4. The maximum Gasteiger partial charge on any atom is 0.407 e. The summed E-state index contributed by atoms with van der Waals surface area (Å²) in [6.07, 6.45) is 4.95. The summed E-state index contributed by atoms with van der Waals surface area (Å²) in [7, 11) is 2.59. The largest absolute Gasteiger partial charge is 0.488 e. The Bertz CT molecular complexity index is 2470. The van der Waals surface area contributed by atoms with E-state index in [1.54, 1.807) is 0 Å². The van der Waals surface area contributed by atoms with Crippen LogP contribution in [0.25, 0.3) is 44.2 Å². The highest BCUT2D eigenvalue weighted by Crippen LogP contribution is 2.44. The van der Waals surface area contributed by atoms with E-state index in [0.717, 1.165) is 93.4 Å². The maximum atomic E-state index is 14.1. The summed E-state index contributed by atoms with van der Waals surface area (Å²) in [5.41, 5.74) is 6.63. The number of rotatable bonds is 11. The molecule has 4 amide bonds. The predicted octanol–water partition coefficient (Wildman–Crippen LogP) is 7.78. The van der Waals surface area contributed by atoms with Gasteiger partial charge in [-0.1, -0.05) is 59.2 Å². The summed E-state index contributed by atoms with van der Waals surface area (Å²) in [4.78, 5) is 72.6. The van der Waals surface area contributed by atoms with Crippen molar-refractivity contribution in [3.05, 3.63) is 65.9 Å². The lowest BCUT2D eigenvalue weighted by atomic mass is 9.92. The van der Waals surface area contributed by atoms with Gasteiger partial charge >= 0.3 is 12.2 Å². The third-order valence-corrected chi connectivity index (χ3v) is 12.6. The molecule has 61 heavy (non-hydrogen) atoms. The molecular weight excluding hydrogens is 777 g/mol. The molecule has 8 rings (SSSR count). The van der Waals surface area contributed by atoms with E-state index in [1.807, 2.05) is 49.8 Å². The number of alkyl carbamates (subject to hydrolysis) is 2. The highest BCUT2D eigenvalue weighted by Gasteiger charge is 2.42. The number of benzene rings is 3. The molecule has 4 N–H and O–H groups in total. The number of amides is 4. The van der Waals surface area contributed by atoms with Gasteiger partial charge in [-0.2, -0.15) is 0 Å². The Balaban J connectivity index is 1.05. The summed E-state index contributed by atoms with van der Waals surface area (Å²) in [6.45, 7) is 11.4. The normalized spacial score (nSPS) is 19.5. The minimum atomic E-state index is -0.720. The first-order valence-corrected chi connectivity index (χ1v) is 21.5. The third-order valence-electron chi connectivity index (χ3n) is 12.6. The average molecular weight is 833 g/mol. The van der Waals surface area contributed by atoms with Gasteiger partial charge in [0.25, 0.3) is 0 Å². The van der Waals surface area contributed by atoms with Crippen LogP contribution in [-0.2, 0) is 25.7 Å². The highest BCUT2D eigenvalue weighted by molar-refractivity contribution is 6.07. The first kappa shape index (κ1) is 41.6.